The van der Waals surface area contributed by atoms with Crippen molar-refractivity contribution in [2.75, 3.05) is 6.61 Å². The fourth-order valence-corrected chi connectivity index (χ4v) is 1.44. The normalized spacial score (nSPS) is 12.3. The summed E-state index contributed by atoms with van der Waals surface area (Å²) in [7, 11) is 0. The molecule has 0 saturated heterocycles. The molecule has 0 aliphatic rings. The van der Waals surface area contributed by atoms with Gasteiger partial charge in [0.05, 0.1) is 12.7 Å². The van der Waals surface area contributed by atoms with Crippen molar-refractivity contribution in [2.45, 2.75) is 32.0 Å². The Morgan fingerprint density at radius 1 is 1.25 bits per heavy atom. The molecule has 16 heavy (non-hydrogen) atoms. The largest absolute Gasteiger partial charge is 0.393 e. The van der Waals surface area contributed by atoms with Gasteiger partial charge in [-0.25, -0.2) is 0 Å². The first-order valence-electron chi connectivity index (χ1n) is 5.73. The van der Waals surface area contributed by atoms with E-state index in [0.717, 1.165) is 12.8 Å². The van der Waals surface area contributed by atoms with E-state index in [1.807, 2.05) is 36.4 Å². The number of hydrogen-bond donors (Lipinski definition) is 1. The first-order chi connectivity index (χ1) is 7.83. The number of aliphatic hydroxyl groups excluding tert-OH is 1. The minimum absolute atomic E-state index is 0.270. The third-order valence-corrected chi connectivity index (χ3v) is 2.41. The Kier molecular flexibility index (Phi) is 6.54. The maximum absolute atomic E-state index is 9.55. The highest BCUT2D eigenvalue weighted by Gasteiger charge is 2.02. The standard InChI is InChI=1S/C14H20O2/c1-2-3-9-14(15)10-11-16-12-13-7-5-4-6-8-13/h2,4-8,14-15H,1,3,9-12H2/t14-/m1/s1. The molecule has 0 aromatic heterocycles. The van der Waals surface area contributed by atoms with Gasteiger partial charge in [-0.15, -0.1) is 6.58 Å². The average Bonchev–Trinajstić information content (AvgIpc) is 2.33. The minimum atomic E-state index is -0.270. The van der Waals surface area contributed by atoms with Gasteiger partial charge in [0, 0.05) is 6.61 Å². The van der Waals surface area contributed by atoms with Gasteiger partial charge >= 0.3 is 0 Å². The molecule has 0 saturated carbocycles. The minimum Gasteiger partial charge on any atom is -0.393 e. The Morgan fingerprint density at radius 2 is 2.00 bits per heavy atom. The third kappa shape index (κ3) is 5.69. The summed E-state index contributed by atoms with van der Waals surface area (Å²) >= 11 is 0. The number of benzene rings is 1. The first-order valence-corrected chi connectivity index (χ1v) is 5.73. The van der Waals surface area contributed by atoms with Gasteiger partial charge < -0.3 is 9.84 Å². The molecule has 0 bridgehead atoms. The van der Waals surface area contributed by atoms with Crippen LogP contribution >= 0.6 is 0 Å². The molecule has 0 heterocycles. The van der Waals surface area contributed by atoms with Gasteiger partial charge in [-0.3, -0.25) is 0 Å². The summed E-state index contributed by atoms with van der Waals surface area (Å²) in [6, 6.07) is 10.1. The van der Waals surface area contributed by atoms with Gasteiger partial charge in [0.15, 0.2) is 0 Å². The lowest BCUT2D eigenvalue weighted by Crippen LogP contribution is -2.10. The maximum atomic E-state index is 9.55. The van der Waals surface area contributed by atoms with E-state index < -0.39 is 0 Å². The van der Waals surface area contributed by atoms with Gasteiger partial charge in [0.1, 0.15) is 0 Å². The summed E-state index contributed by atoms with van der Waals surface area (Å²) in [6.45, 7) is 4.85. The highest BCUT2D eigenvalue weighted by molar-refractivity contribution is 5.13. The lowest BCUT2D eigenvalue weighted by atomic mass is 10.1. The van der Waals surface area contributed by atoms with Gasteiger partial charge in [0.2, 0.25) is 0 Å². The van der Waals surface area contributed by atoms with Crippen LogP contribution in [-0.4, -0.2) is 17.8 Å². The molecule has 1 aromatic rings. The van der Waals surface area contributed by atoms with Crippen molar-refractivity contribution < 1.29 is 9.84 Å². The second-order valence-electron chi connectivity index (χ2n) is 3.85. The Balaban J connectivity index is 2.05. The van der Waals surface area contributed by atoms with Gasteiger partial charge in [0.25, 0.3) is 0 Å². The molecule has 1 atom stereocenters. The number of allylic oxidation sites excluding steroid dienone is 1. The molecular weight excluding hydrogens is 200 g/mol. The fraction of sp³-hybridized carbons (Fsp3) is 0.429. The zero-order valence-corrected chi connectivity index (χ0v) is 9.64. The molecule has 1 aromatic carbocycles. The summed E-state index contributed by atoms with van der Waals surface area (Å²) in [5.74, 6) is 0. The second-order valence-corrected chi connectivity index (χ2v) is 3.85. The van der Waals surface area contributed by atoms with E-state index >= 15 is 0 Å². The van der Waals surface area contributed by atoms with Crippen LogP contribution in [0.4, 0.5) is 0 Å². The van der Waals surface area contributed by atoms with E-state index in [0.29, 0.717) is 19.6 Å². The summed E-state index contributed by atoms with van der Waals surface area (Å²) in [4.78, 5) is 0. The zero-order valence-electron chi connectivity index (χ0n) is 9.64. The van der Waals surface area contributed by atoms with Gasteiger partial charge in [-0.05, 0) is 24.8 Å². The van der Waals surface area contributed by atoms with Crippen LogP contribution in [0, 0.1) is 0 Å². The van der Waals surface area contributed by atoms with E-state index in [1.54, 1.807) is 0 Å². The summed E-state index contributed by atoms with van der Waals surface area (Å²) in [5.41, 5.74) is 1.17. The SMILES string of the molecule is C=CCC[C@@H](O)CCOCc1ccccc1. The lowest BCUT2D eigenvalue weighted by molar-refractivity contribution is 0.0705. The molecule has 2 heteroatoms. The molecule has 88 valence electrons. The van der Waals surface area contributed by atoms with Crippen molar-refractivity contribution in [1.29, 1.82) is 0 Å². The molecular formula is C14H20O2. The van der Waals surface area contributed by atoms with Crippen molar-refractivity contribution in [3.05, 3.63) is 48.6 Å². The quantitative estimate of drug-likeness (QED) is 0.539. The highest BCUT2D eigenvalue weighted by Crippen LogP contribution is 2.05. The topological polar surface area (TPSA) is 29.5 Å². The molecule has 0 amide bonds. The Morgan fingerprint density at radius 3 is 2.69 bits per heavy atom. The average molecular weight is 220 g/mol. The van der Waals surface area contributed by atoms with Crippen LogP contribution in [0.25, 0.3) is 0 Å². The lowest BCUT2D eigenvalue weighted by Gasteiger charge is -2.09. The van der Waals surface area contributed by atoms with Crippen molar-refractivity contribution in [3.8, 4) is 0 Å². The van der Waals surface area contributed by atoms with Gasteiger partial charge in [-0.1, -0.05) is 36.4 Å². The maximum Gasteiger partial charge on any atom is 0.0716 e. The molecule has 0 unspecified atom stereocenters. The molecule has 0 aliphatic heterocycles. The number of rotatable bonds is 8. The van der Waals surface area contributed by atoms with Crippen LogP contribution in [0.15, 0.2) is 43.0 Å². The summed E-state index contributed by atoms with van der Waals surface area (Å²) in [6.07, 6.45) is 3.89. The summed E-state index contributed by atoms with van der Waals surface area (Å²) in [5, 5.41) is 9.55. The van der Waals surface area contributed by atoms with Crippen LogP contribution in [0.5, 0.6) is 0 Å². The van der Waals surface area contributed by atoms with E-state index in [4.69, 9.17) is 4.74 Å². The first kappa shape index (κ1) is 12.9. The van der Waals surface area contributed by atoms with E-state index in [1.165, 1.54) is 5.56 Å². The smallest absolute Gasteiger partial charge is 0.0716 e. The molecule has 2 nitrogen and oxygen atoms in total. The number of ether oxygens (including phenoxy) is 1. The zero-order chi connectivity index (χ0) is 11.6. The highest BCUT2D eigenvalue weighted by atomic mass is 16.5. The molecule has 0 aliphatic carbocycles. The Labute approximate surface area is 97.6 Å². The van der Waals surface area contributed by atoms with Crippen molar-refractivity contribution in [2.24, 2.45) is 0 Å². The molecule has 0 radical (unpaired) electrons. The van der Waals surface area contributed by atoms with Crippen molar-refractivity contribution in [1.82, 2.24) is 0 Å². The monoisotopic (exact) mass is 220 g/mol. The van der Waals surface area contributed by atoms with Crippen LogP contribution in [0.3, 0.4) is 0 Å². The molecule has 1 N–H and O–H groups in total. The predicted molar refractivity (Wildman–Crippen MR) is 66.2 cm³/mol. The molecule has 0 fully saturated rings. The Bertz CT molecular complexity index is 282. The van der Waals surface area contributed by atoms with Crippen LogP contribution in [0.2, 0.25) is 0 Å². The van der Waals surface area contributed by atoms with Gasteiger partial charge in [-0.2, -0.15) is 0 Å². The van der Waals surface area contributed by atoms with Crippen molar-refractivity contribution in [3.63, 3.8) is 0 Å². The Hall–Kier alpha value is -1.12. The number of hydrogen-bond acceptors (Lipinski definition) is 2. The number of aliphatic hydroxyl groups is 1. The van der Waals surface area contributed by atoms with Crippen molar-refractivity contribution >= 4 is 0 Å². The van der Waals surface area contributed by atoms with Crippen LogP contribution < -0.4 is 0 Å². The van der Waals surface area contributed by atoms with Crippen LogP contribution in [-0.2, 0) is 11.3 Å². The van der Waals surface area contributed by atoms with E-state index in [-0.39, 0.29) is 6.10 Å². The second kappa shape index (κ2) is 8.08. The van der Waals surface area contributed by atoms with Crippen LogP contribution in [0.1, 0.15) is 24.8 Å². The fourth-order valence-electron chi connectivity index (χ4n) is 1.44. The third-order valence-electron chi connectivity index (χ3n) is 2.41. The van der Waals surface area contributed by atoms with E-state index in [9.17, 15) is 5.11 Å². The summed E-state index contributed by atoms with van der Waals surface area (Å²) < 4.78 is 5.48. The molecule has 1 rings (SSSR count). The van der Waals surface area contributed by atoms with E-state index in [2.05, 4.69) is 6.58 Å². The predicted octanol–water partition coefficient (Wildman–Crippen LogP) is 2.92. The molecule has 0 spiro atoms.